The van der Waals surface area contributed by atoms with Crippen LogP contribution < -0.4 is 0 Å². The highest BCUT2D eigenvalue weighted by Crippen LogP contribution is 2.26. The van der Waals surface area contributed by atoms with E-state index in [0.29, 0.717) is 63.5 Å². The van der Waals surface area contributed by atoms with Crippen molar-refractivity contribution in [3.8, 4) is 0 Å². The van der Waals surface area contributed by atoms with Crippen LogP contribution in [0.1, 0.15) is 330 Å². The summed E-state index contributed by atoms with van der Waals surface area (Å²) < 4.78 is 17.9. The van der Waals surface area contributed by atoms with Crippen molar-refractivity contribution in [1.29, 1.82) is 0 Å². The zero-order valence-corrected chi connectivity index (χ0v) is 51.5. The van der Waals surface area contributed by atoms with E-state index in [1.165, 1.54) is 212 Å². The van der Waals surface area contributed by atoms with Crippen molar-refractivity contribution in [3.63, 3.8) is 0 Å². The molecule has 0 heterocycles. The Bertz CT molecular complexity index is 1260. The van der Waals surface area contributed by atoms with Gasteiger partial charge in [-0.2, -0.15) is 0 Å². The third kappa shape index (κ3) is 45.1. The highest BCUT2D eigenvalue weighted by atomic mass is 16.5. The van der Waals surface area contributed by atoms with Gasteiger partial charge in [0.1, 0.15) is 0 Å². The van der Waals surface area contributed by atoms with Gasteiger partial charge in [0.25, 0.3) is 0 Å². The van der Waals surface area contributed by atoms with Crippen LogP contribution in [0, 0.1) is 17.8 Å². The molecular formula is C67H130N2O7. The molecule has 1 fully saturated rings. The van der Waals surface area contributed by atoms with Crippen LogP contribution in [0.25, 0.3) is 0 Å². The molecule has 0 saturated heterocycles. The number of aliphatic hydroxyl groups excluding tert-OH is 1. The zero-order valence-electron chi connectivity index (χ0n) is 51.5. The second-order valence-corrected chi connectivity index (χ2v) is 24.1. The smallest absolute Gasteiger partial charge is 0.306 e. The highest BCUT2D eigenvalue weighted by molar-refractivity contribution is 5.70. The van der Waals surface area contributed by atoms with Crippen molar-refractivity contribution in [2.24, 2.45) is 17.8 Å². The maximum absolute atomic E-state index is 13.5. The molecule has 0 aromatic carbocycles. The molecule has 0 bridgehead atoms. The van der Waals surface area contributed by atoms with Gasteiger partial charge >= 0.3 is 17.9 Å². The van der Waals surface area contributed by atoms with Gasteiger partial charge in [0, 0.05) is 50.9 Å². The molecule has 450 valence electrons. The number of hydrogen-bond acceptors (Lipinski definition) is 9. The van der Waals surface area contributed by atoms with Crippen molar-refractivity contribution < 1.29 is 33.7 Å². The normalized spacial score (nSPS) is 14.4. The first-order valence-corrected chi connectivity index (χ1v) is 33.8. The molecule has 3 unspecified atom stereocenters. The van der Waals surface area contributed by atoms with Crippen LogP contribution >= 0.6 is 0 Å². The maximum Gasteiger partial charge on any atom is 0.306 e. The largest absolute Gasteiger partial charge is 0.465 e. The molecule has 76 heavy (non-hydrogen) atoms. The van der Waals surface area contributed by atoms with E-state index < -0.39 is 0 Å². The number of carbonyl (C=O) groups excluding carboxylic acids is 3. The molecule has 1 saturated carbocycles. The molecule has 1 aliphatic rings. The average molecular weight is 1080 g/mol. The molecule has 0 aromatic rings. The van der Waals surface area contributed by atoms with Crippen molar-refractivity contribution in [2.45, 2.75) is 336 Å². The Kier molecular flexibility index (Phi) is 52.5. The van der Waals surface area contributed by atoms with Crippen LogP contribution in [0.2, 0.25) is 0 Å². The molecular weight excluding hydrogens is 945 g/mol. The summed E-state index contributed by atoms with van der Waals surface area (Å²) >= 11 is 0. The molecule has 0 aromatic heterocycles. The van der Waals surface area contributed by atoms with E-state index in [-0.39, 0.29) is 30.4 Å². The summed E-state index contributed by atoms with van der Waals surface area (Å²) in [6, 6.07) is 0.595. The van der Waals surface area contributed by atoms with Gasteiger partial charge in [0.15, 0.2) is 0 Å². The molecule has 1 N–H and O–H groups in total. The van der Waals surface area contributed by atoms with E-state index in [4.69, 9.17) is 14.2 Å². The fourth-order valence-corrected chi connectivity index (χ4v) is 11.7. The van der Waals surface area contributed by atoms with Crippen LogP contribution in [0.15, 0.2) is 0 Å². The lowest BCUT2D eigenvalue weighted by Gasteiger charge is -2.36. The van der Waals surface area contributed by atoms with Gasteiger partial charge in [0.2, 0.25) is 0 Å². The number of ether oxygens (including phenoxy) is 3. The van der Waals surface area contributed by atoms with E-state index in [1.807, 2.05) is 0 Å². The second kappa shape index (κ2) is 55.2. The Labute approximate surface area is 472 Å². The Morgan fingerprint density at radius 1 is 0.382 bits per heavy atom. The summed E-state index contributed by atoms with van der Waals surface area (Å²) in [5.74, 6) is 0.669. The second-order valence-electron chi connectivity index (χ2n) is 24.1. The van der Waals surface area contributed by atoms with Gasteiger partial charge in [-0.15, -0.1) is 0 Å². The molecule has 1 rings (SSSR count). The molecule has 9 heteroatoms. The van der Waals surface area contributed by atoms with E-state index >= 15 is 0 Å². The molecule has 1 aliphatic carbocycles. The molecule has 0 radical (unpaired) electrons. The summed E-state index contributed by atoms with van der Waals surface area (Å²) in [7, 11) is 0. The van der Waals surface area contributed by atoms with Crippen molar-refractivity contribution in [3.05, 3.63) is 0 Å². The number of rotatable bonds is 58. The molecule has 9 nitrogen and oxygen atoms in total. The monoisotopic (exact) mass is 1070 g/mol. The Morgan fingerprint density at radius 2 is 0.750 bits per heavy atom. The van der Waals surface area contributed by atoms with E-state index in [9.17, 15) is 19.5 Å². The summed E-state index contributed by atoms with van der Waals surface area (Å²) in [5, 5.41) is 10.1. The van der Waals surface area contributed by atoms with Crippen molar-refractivity contribution in [2.75, 3.05) is 59.2 Å². The minimum Gasteiger partial charge on any atom is -0.465 e. The van der Waals surface area contributed by atoms with Gasteiger partial charge in [-0.1, -0.05) is 240 Å². The summed E-state index contributed by atoms with van der Waals surface area (Å²) in [5.41, 5.74) is 0. The quantitative estimate of drug-likeness (QED) is 0.0362. The first-order chi connectivity index (χ1) is 37.3. The minimum atomic E-state index is -0.113. The zero-order chi connectivity index (χ0) is 55.2. The topological polar surface area (TPSA) is 106 Å². The van der Waals surface area contributed by atoms with E-state index in [0.717, 1.165) is 90.4 Å². The predicted molar refractivity (Wildman–Crippen MR) is 323 cm³/mol. The number of carbonyl (C=O) groups is 3. The Balaban J connectivity index is 2.78. The van der Waals surface area contributed by atoms with Crippen LogP contribution in [-0.4, -0.2) is 98.0 Å². The lowest BCUT2D eigenvalue weighted by molar-refractivity contribution is -0.150. The molecule has 3 atom stereocenters. The van der Waals surface area contributed by atoms with Crippen LogP contribution in [0.4, 0.5) is 0 Å². The third-order valence-electron chi connectivity index (χ3n) is 16.9. The SMILES string of the molecule is CCCCCCCCCCC(=O)OCC(CCCCN(CCN(CCO)CCCCCC(=O)OCC(CCCCCC)CCCCCCCC)C1CCCCC1)COC(=O)CC(CCCCCC)CCCCCCCC. The lowest BCUT2D eigenvalue weighted by Crippen LogP contribution is -2.43. The molecule has 0 amide bonds. The van der Waals surface area contributed by atoms with Gasteiger partial charge in [-0.3, -0.25) is 24.2 Å². The molecule has 0 spiro atoms. The van der Waals surface area contributed by atoms with Crippen molar-refractivity contribution in [1.82, 2.24) is 9.80 Å². The Hall–Kier alpha value is -1.71. The fourth-order valence-electron chi connectivity index (χ4n) is 11.7. The Morgan fingerprint density at radius 3 is 1.24 bits per heavy atom. The average Bonchev–Trinajstić information content (AvgIpc) is 3.42. The summed E-state index contributed by atoms with van der Waals surface area (Å²) in [6.45, 7) is 17.3. The van der Waals surface area contributed by atoms with E-state index in [2.05, 4.69) is 44.4 Å². The van der Waals surface area contributed by atoms with Crippen LogP contribution in [-0.2, 0) is 28.6 Å². The number of unbranched alkanes of at least 4 members (excludes halogenated alkanes) is 26. The number of hydrogen-bond donors (Lipinski definition) is 1. The summed E-state index contributed by atoms with van der Waals surface area (Å²) in [4.78, 5) is 44.5. The predicted octanol–water partition coefficient (Wildman–Crippen LogP) is 18.5. The number of nitrogens with zero attached hydrogens (tertiary/aromatic N) is 2. The van der Waals surface area contributed by atoms with Crippen LogP contribution in [0.3, 0.4) is 0 Å². The lowest BCUT2D eigenvalue weighted by atomic mass is 9.91. The third-order valence-corrected chi connectivity index (χ3v) is 16.9. The number of aliphatic hydroxyl groups is 1. The minimum absolute atomic E-state index is 0.00482. The number of esters is 3. The van der Waals surface area contributed by atoms with Gasteiger partial charge < -0.3 is 19.3 Å². The van der Waals surface area contributed by atoms with Gasteiger partial charge in [-0.05, 0) is 95.6 Å². The maximum atomic E-state index is 13.5. The van der Waals surface area contributed by atoms with Gasteiger partial charge in [-0.25, -0.2) is 0 Å². The first-order valence-electron chi connectivity index (χ1n) is 33.8. The summed E-state index contributed by atoms with van der Waals surface area (Å²) in [6.07, 6.45) is 53.3. The van der Waals surface area contributed by atoms with Crippen LogP contribution in [0.5, 0.6) is 0 Å². The fraction of sp³-hybridized carbons (Fsp3) is 0.955. The standard InChI is InChI=1S/C67H130N2O7/c1-6-11-16-21-24-25-28-37-49-66(72)75-59-63(60-76-67(73)57-61(42-31-19-14-9-4)43-33-26-22-17-12-7-2)46-39-41-52-69(64-47-35-29-36-48-64)54-53-68(55-56-70)51-40-30-38-50-65(71)74-58-62(44-32-20-15-10-5)45-34-27-23-18-13-8-3/h61-64,70H,6-60H2,1-5H3. The van der Waals surface area contributed by atoms with Crippen molar-refractivity contribution >= 4 is 17.9 Å². The molecule has 0 aliphatic heterocycles. The highest BCUT2D eigenvalue weighted by Gasteiger charge is 2.23. The first kappa shape index (κ1) is 72.3. The van der Waals surface area contributed by atoms with Gasteiger partial charge in [0.05, 0.1) is 26.4 Å². The van der Waals surface area contributed by atoms with E-state index in [1.54, 1.807) is 0 Å².